The van der Waals surface area contributed by atoms with Crippen LogP contribution >= 0.6 is 11.3 Å². The third-order valence-electron chi connectivity index (χ3n) is 4.37. The number of rotatable bonds is 5. The fraction of sp³-hybridized carbons (Fsp3) is 0.733. The molecule has 21 heavy (non-hydrogen) atoms. The first-order valence-corrected chi connectivity index (χ1v) is 9.98. The lowest BCUT2D eigenvalue weighted by Crippen LogP contribution is -2.48. The Kier molecular flexibility index (Phi) is 5.46. The summed E-state index contributed by atoms with van der Waals surface area (Å²) >= 11 is 1.51. The highest BCUT2D eigenvalue weighted by molar-refractivity contribution is 7.89. The van der Waals surface area contributed by atoms with Crippen molar-refractivity contribution in [2.24, 2.45) is 11.8 Å². The van der Waals surface area contributed by atoms with Crippen LogP contribution in [0.4, 0.5) is 0 Å². The van der Waals surface area contributed by atoms with Gasteiger partial charge in [0.25, 0.3) is 0 Å². The van der Waals surface area contributed by atoms with Crippen LogP contribution in [-0.4, -0.2) is 31.9 Å². The van der Waals surface area contributed by atoms with E-state index in [0.717, 1.165) is 17.8 Å². The van der Waals surface area contributed by atoms with E-state index in [1.54, 1.807) is 10.4 Å². The van der Waals surface area contributed by atoms with Crippen molar-refractivity contribution in [3.63, 3.8) is 0 Å². The van der Waals surface area contributed by atoms with Crippen LogP contribution in [0.3, 0.4) is 0 Å². The normalized spacial score (nSPS) is 27.9. The summed E-state index contributed by atoms with van der Waals surface area (Å²) in [5.41, 5.74) is 0. The SMILES string of the molecule is CCNCc1sccc1S(=O)(=O)N1CC(C)CC(C)C1C. The molecule has 0 amide bonds. The Labute approximate surface area is 132 Å². The Morgan fingerprint density at radius 1 is 1.38 bits per heavy atom. The van der Waals surface area contributed by atoms with Gasteiger partial charge in [-0.25, -0.2) is 8.42 Å². The van der Waals surface area contributed by atoms with Gasteiger partial charge in [-0.05, 0) is 43.2 Å². The molecule has 1 N–H and O–H groups in total. The van der Waals surface area contributed by atoms with Gasteiger partial charge in [0.05, 0.1) is 4.90 Å². The van der Waals surface area contributed by atoms with E-state index in [2.05, 4.69) is 19.2 Å². The smallest absolute Gasteiger partial charge is 0.244 e. The summed E-state index contributed by atoms with van der Waals surface area (Å²) in [6, 6.07) is 1.82. The van der Waals surface area contributed by atoms with Crippen LogP contribution in [0.5, 0.6) is 0 Å². The van der Waals surface area contributed by atoms with Crippen molar-refractivity contribution < 1.29 is 8.42 Å². The molecule has 2 rings (SSSR count). The van der Waals surface area contributed by atoms with Gasteiger partial charge in [0.1, 0.15) is 0 Å². The molecule has 0 spiro atoms. The molecule has 1 saturated heterocycles. The summed E-state index contributed by atoms with van der Waals surface area (Å²) in [5.74, 6) is 0.821. The van der Waals surface area contributed by atoms with Crippen LogP contribution in [0.15, 0.2) is 16.3 Å². The fourth-order valence-electron chi connectivity index (χ4n) is 3.03. The minimum Gasteiger partial charge on any atom is -0.312 e. The largest absolute Gasteiger partial charge is 0.312 e. The minimum absolute atomic E-state index is 0.0677. The van der Waals surface area contributed by atoms with Crippen LogP contribution in [0.25, 0.3) is 0 Å². The van der Waals surface area contributed by atoms with Crippen LogP contribution in [0, 0.1) is 11.8 Å². The molecular formula is C15H26N2O2S2. The molecule has 4 nitrogen and oxygen atoms in total. The Hall–Kier alpha value is -0.430. The predicted molar refractivity (Wildman–Crippen MR) is 88.0 cm³/mol. The lowest BCUT2D eigenvalue weighted by molar-refractivity contribution is 0.157. The van der Waals surface area contributed by atoms with Crippen molar-refractivity contribution in [1.29, 1.82) is 0 Å². The second-order valence-electron chi connectivity index (χ2n) is 6.12. The van der Waals surface area contributed by atoms with E-state index >= 15 is 0 Å². The second kappa shape index (κ2) is 6.77. The van der Waals surface area contributed by atoms with Crippen LogP contribution in [0.1, 0.15) is 39.0 Å². The maximum absolute atomic E-state index is 13.0. The molecule has 1 fully saturated rings. The molecule has 120 valence electrons. The van der Waals surface area contributed by atoms with Crippen LogP contribution in [-0.2, 0) is 16.6 Å². The van der Waals surface area contributed by atoms with Crippen molar-refractivity contribution >= 4 is 21.4 Å². The third-order valence-corrected chi connectivity index (χ3v) is 7.46. The van der Waals surface area contributed by atoms with Gasteiger partial charge in [-0.15, -0.1) is 11.3 Å². The Morgan fingerprint density at radius 3 is 2.76 bits per heavy atom. The van der Waals surface area contributed by atoms with E-state index in [4.69, 9.17) is 0 Å². The monoisotopic (exact) mass is 330 g/mol. The molecule has 1 aromatic heterocycles. The quantitative estimate of drug-likeness (QED) is 0.903. The molecule has 0 aromatic carbocycles. The molecule has 0 saturated carbocycles. The van der Waals surface area contributed by atoms with Gasteiger partial charge in [-0.2, -0.15) is 4.31 Å². The number of sulfonamides is 1. The van der Waals surface area contributed by atoms with Crippen molar-refractivity contribution in [3.8, 4) is 0 Å². The van der Waals surface area contributed by atoms with Crippen molar-refractivity contribution in [3.05, 3.63) is 16.3 Å². The summed E-state index contributed by atoms with van der Waals surface area (Å²) in [6.07, 6.45) is 1.10. The Balaban J connectivity index is 2.31. The molecule has 3 unspecified atom stereocenters. The molecular weight excluding hydrogens is 304 g/mol. The minimum atomic E-state index is -3.39. The summed E-state index contributed by atoms with van der Waals surface area (Å²) in [5, 5.41) is 5.10. The summed E-state index contributed by atoms with van der Waals surface area (Å²) in [7, 11) is -3.39. The number of piperidine rings is 1. The maximum Gasteiger partial charge on any atom is 0.244 e. The molecule has 0 radical (unpaired) electrons. The average Bonchev–Trinajstić information content (AvgIpc) is 2.89. The highest BCUT2D eigenvalue weighted by Crippen LogP contribution is 2.33. The van der Waals surface area contributed by atoms with Gasteiger partial charge in [-0.3, -0.25) is 0 Å². The van der Waals surface area contributed by atoms with E-state index in [1.807, 2.05) is 19.2 Å². The zero-order valence-electron chi connectivity index (χ0n) is 13.3. The summed E-state index contributed by atoms with van der Waals surface area (Å²) in [4.78, 5) is 1.40. The summed E-state index contributed by atoms with van der Waals surface area (Å²) in [6.45, 7) is 10.4. The maximum atomic E-state index is 13.0. The fourth-order valence-corrected chi connectivity index (χ4v) is 6.27. The zero-order valence-corrected chi connectivity index (χ0v) is 14.9. The summed E-state index contributed by atoms with van der Waals surface area (Å²) < 4.78 is 27.8. The standard InChI is InChI=1S/C15H26N2O2S2/c1-5-16-9-14-15(6-7-20-14)21(18,19)17-10-11(2)8-12(3)13(17)4/h6-7,11-13,16H,5,8-10H2,1-4H3. The lowest BCUT2D eigenvalue weighted by Gasteiger charge is -2.40. The van der Waals surface area contributed by atoms with Gasteiger partial charge in [-0.1, -0.05) is 20.8 Å². The topological polar surface area (TPSA) is 49.4 Å². The van der Waals surface area contributed by atoms with Gasteiger partial charge >= 0.3 is 0 Å². The highest BCUT2D eigenvalue weighted by atomic mass is 32.2. The van der Waals surface area contributed by atoms with Gasteiger partial charge in [0, 0.05) is 24.0 Å². The molecule has 0 bridgehead atoms. The van der Waals surface area contributed by atoms with E-state index < -0.39 is 10.0 Å². The molecule has 1 aliphatic rings. The number of nitrogens with zero attached hydrogens (tertiary/aromatic N) is 1. The van der Waals surface area contributed by atoms with E-state index in [-0.39, 0.29) is 6.04 Å². The first-order valence-electron chi connectivity index (χ1n) is 7.66. The van der Waals surface area contributed by atoms with E-state index in [0.29, 0.717) is 29.8 Å². The zero-order chi connectivity index (χ0) is 15.6. The van der Waals surface area contributed by atoms with E-state index in [9.17, 15) is 8.42 Å². The third kappa shape index (κ3) is 3.50. The van der Waals surface area contributed by atoms with Crippen LogP contribution in [0.2, 0.25) is 0 Å². The van der Waals surface area contributed by atoms with E-state index in [1.165, 1.54) is 11.3 Å². The number of thiophene rings is 1. The van der Waals surface area contributed by atoms with Gasteiger partial charge in [0.15, 0.2) is 0 Å². The number of hydrogen-bond donors (Lipinski definition) is 1. The van der Waals surface area contributed by atoms with Crippen LogP contribution < -0.4 is 5.32 Å². The molecule has 6 heteroatoms. The van der Waals surface area contributed by atoms with Gasteiger partial charge in [0.2, 0.25) is 10.0 Å². The lowest BCUT2D eigenvalue weighted by atomic mass is 9.88. The first-order chi connectivity index (χ1) is 9.87. The Morgan fingerprint density at radius 2 is 2.10 bits per heavy atom. The van der Waals surface area contributed by atoms with Gasteiger partial charge < -0.3 is 5.32 Å². The molecule has 1 aromatic rings. The van der Waals surface area contributed by atoms with Crippen molar-refractivity contribution in [1.82, 2.24) is 9.62 Å². The molecule has 3 atom stereocenters. The Bertz CT molecular complexity index is 568. The second-order valence-corrected chi connectivity index (χ2v) is 8.98. The number of hydrogen-bond acceptors (Lipinski definition) is 4. The van der Waals surface area contributed by atoms with Crippen molar-refractivity contribution in [2.45, 2.75) is 51.6 Å². The molecule has 2 heterocycles. The molecule has 1 aliphatic heterocycles. The average molecular weight is 331 g/mol. The number of nitrogens with one attached hydrogen (secondary N) is 1. The molecule has 0 aliphatic carbocycles. The van der Waals surface area contributed by atoms with Crippen molar-refractivity contribution in [2.75, 3.05) is 13.1 Å². The predicted octanol–water partition coefficient (Wildman–Crippen LogP) is 2.91. The highest BCUT2D eigenvalue weighted by Gasteiger charge is 2.38. The first kappa shape index (κ1) is 16.9.